The van der Waals surface area contributed by atoms with E-state index in [0.29, 0.717) is 0 Å². The topological polar surface area (TPSA) is 45.9 Å². The highest BCUT2D eigenvalue weighted by molar-refractivity contribution is 7.09. The van der Waals surface area contributed by atoms with Gasteiger partial charge in [-0.05, 0) is 18.2 Å². The summed E-state index contributed by atoms with van der Waals surface area (Å²) in [6, 6.07) is 6.04. The minimum Gasteiger partial charge on any atom is -0.483 e. The molecule has 104 valence electrons. The van der Waals surface area contributed by atoms with Gasteiger partial charge in [0.05, 0.1) is 17.3 Å². The first kappa shape index (κ1) is 14.5. The molecule has 2 rings (SSSR count). The molecule has 3 nitrogen and oxygen atoms in total. The van der Waals surface area contributed by atoms with Crippen LogP contribution in [-0.4, -0.2) is 4.98 Å². The third-order valence-electron chi connectivity index (χ3n) is 2.73. The second-order valence-electron chi connectivity index (χ2n) is 5.42. The number of nitriles is 1. The SMILES string of the molecule is CC(C)(C)c1csc(COc2ccc(C#N)cc2F)n1. The van der Waals surface area contributed by atoms with E-state index in [-0.39, 0.29) is 23.3 Å². The molecule has 0 saturated heterocycles. The first-order valence-electron chi connectivity index (χ1n) is 6.17. The number of ether oxygens (including phenoxy) is 1. The summed E-state index contributed by atoms with van der Waals surface area (Å²) >= 11 is 1.50. The number of nitrogens with zero attached hydrogens (tertiary/aromatic N) is 2. The fraction of sp³-hybridized carbons (Fsp3) is 0.333. The van der Waals surface area contributed by atoms with Crippen LogP contribution in [0.25, 0.3) is 0 Å². The molecular formula is C15H15FN2OS. The van der Waals surface area contributed by atoms with Gasteiger partial charge in [-0.3, -0.25) is 0 Å². The number of benzene rings is 1. The Morgan fingerprint density at radius 2 is 2.15 bits per heavy atom. The first-order chi connectivity index (χ1) is 9.40. The minimum absolute atomic E-state index is 0.00551. The van der Waals surface area contributed by atoms with Crippen LogP contribution < -0.4 is 4.74 Å². The second-order valence-corrected chi connectivity index (χ2v) is 6.36. The van der Waals surface area contributed by atoms with E-state index in [4.69, 9.17) is 10.00 Å². The van der Waals surface area contributed by atoms with E-state index in [1.165, 1.54) is 23.5 Å². The van der Waals surface area contributed by atoms with Gasteiger partial charge in [0, 0.05) is 10.8 Å². The van der Waals surface area contributed by atoms with E-state index in [2.05, 4.69) is 25.8 Å². The van der Waals surface area contributed by atoms with E-state index in [0.717, 1.165) is 16.8 Å². The molecule has 1 aromatic heterocycles. The van der Waals surface area contributed by atoms with E-state index in [1.807, 2.05) is 11.4 Å². The number of hydrogen-bond donors (Lipinski definition) is 0. The van der Waals surface area contributed by atoms with Crippen LogP contribution >= 0.6 is 11.3 Å². The van der Waals surface area contributed by atoms with Gasteiger partial charge >= 0.3 is 0 Å². The number of hydrogen-bond acceptors (Lipinski definition) is 4. The lowest BCUT2D eigenvalue weighted by Crippen LogP contribution is -2.11. The molecule has 0 radical (unpaired) electrons. The van der Waals surface area contributed by atoms with Crippen LogP contribution in [0.15, 0.2) is 23.6 Å². The summed E-state index contributed by atoms with van der Waals surface area (Å²) in [6.07, 6.45) is 0. The molecule has 0 spiro atoms. The van der Waals surface area contributed by atoms with Crippen molar-refractivity contribution in [2.75, 3.05) is 0 Å². The zero-order valence-electron chi connectivity index (χ0n) is 11.6. The Bertz CT molecular complexity index is 653. The van der Waals surface area contributed by atoms with Gasteiger partial charge < -0.3 is 4.74 Å². The van der Waals surface area contributed by atoms with Crippen molar-refractivity contribution in [3.8, 4) is 11.8 Å². The van der Waals surface area contributed by atoms with Crippen molar-refractivity contribution < 1.29 is 9.13 Å². The predicted octanol–water partition coefficient (Wildman–Crippen LogP) is 4.03. The molecule has 0 aliphatic rings. The van der Waals surface area contributed by atoms with Gasteiger partial charge in [0.2, 0.25) is 0 Å². The van der Waals surface area contributed by atoms with E-state index < -0.39 is 5.82 Å². The molecule has 20 heavy (non-hydrogen) atoms. The van der Waals surface area contributed by atoms with Gasteiger partial charge in [-0.15, -0.1) is 11.3 Å². The Labute approximate surface area is 121 Å². The Morgan fingerprint density at radius 3 is 2.70 bits per heavy atom. The zero-order chi connectivity index (χ0) is 14.8. The average molecular weight is 290 g/mol. The van der Waals surface area contributed by atoms with Crippen LogP contribution in [0, 0.1) is 17.1 Å². The standard InChI is InChI=1S/C15H15FN2OS/c1-15(2,3)13-9-20-14(18-13)8-19-12-5-4-10(7-17)6-11(12)16/h4-6,9H,8H2,1-3H3. The fourth-order valence-electron chi connectivity index (χ4n) is 1.55. The summed E-state index contributed by atoms with van der Waals surface area (Å²) in [4.78, 5) is 4.48. The summed E-state index contributed by atoms with van der Waals surface area (Å²) in [5.41, 5.74) is 1.27. The second kappa shape index (κ2) is 5.59. The molecule has 0 N–H and O–H groups in total. The number of rotatable bonds is 3. The quantitative estimate of drug-likeness (QED) is 0.857. The van der Waals surface area contributed by atoms with Crippen LogP contribution in [0.4, 0.5) is 4.39 Å². The van der Waals surface area contributed by atoms with Crippen molar-refractivity contribution >= 4 is 11.3 Å². The molecule has 0 atom stereocenters. The highest BCUT2D eigenvalue weighted by atomic mass is 32.1. The van der Waals surface area contributed by atoms with E-state index in [1.54, 1.807) is 0 Å². The minimum atomic E-state index is -0.531. The monoisotopic (exact) mass is 290 g/mol. The molecule has 0 aliphatic carbocycles. The largest absolute Gasteiger partial charge is 0.483 e. The number of thiazole rings is 1. The van der Waals surface area contributed by atoms with Gasteiger partial charge in [-0.25, -0.2) is 9.37 Å². The normalized spacial score (nSPS) is 11.2. The van der Waals surface area contributed by atoms with Gasteiger partial charge in [-0.1, -0.05) is 20.8 Å². The Balaban J connectivity index is 2.06. The maximum atomic E-state index is 13.6. The molecule has 2 aromatic rings. The lowest BCUT2D eigenvalue weighted by Gasteiger charge is -2.14. The van der Waals surface area contributed by atoms with Gasteiger partial charge in [0.1, 0.15) is 11.6 Å². The van der Waals surface area contributed by atoms with E-state index in [9.17, 15) is 4.39 Å². The van der Waals surface area contributed by atoms with Crippen molar-refractivity contribution in [1.82, 2.24) is 4.98 Å². The van der Waals surface area contributed by atoms with Gasteiger partial charge in [0.15, 0.2) is 11.6 Å². The highest BCUT2D eigenvalue weighted by Gasteiger charge is 2.17. The van der Waals surface area contributed by atoms with Crippen molar-refractivity contribution in [3.63, 3.8) is 0 Å². The number of aromatic nitrogens is 1. The average Bonchev–Trinajstić information content (AvgIpc) is 2.86. The maximum absolute atomic E-state index is 13.6. The van der Waals surface area contributed by atoms with Crippen molar-refractivity contribution in [3.05, 3.63) is 45.7 Å². The van der Waals surface area contributed by atoms with Crippen molar-refractivity contribution in [2.24, 2.45) is 0 Å². The van der Waals surface area contributed by atoms with Gasteiger partial charge in [-0.2, -0.15) is 5.26 Å². The molecule has 0 saturated carbocycles. The fourth-order valence-corrected chi connectivity index (χ4v) is 2.48. The third-order valence-corrected chi connectivity index (χ3v) is 3.55. The first-order valence-corrected chi connectivity index (χ1v) is 7.05. The lowest BCUT2D eigenvalue weighted by molar-refractivity contribution is 0.289. The van der Waals surface area contributed by atoms with Crippen molar-refractivity contribution in [1.29, 1.82) is 5.26 Å². The molecular weight excluding hydrogens is 275 g/mol. The molecule has 1 aromatic carbocycles. The summed E-state index contributed by atoms with van der Waals surface area (Å²) in [7, 11) is 0. The molecule has 0 fully saturated rings. The predicted molar refractivity (Wildman–Crippen MR) is 76.3 cm³/mol. The van der Waals surface area contributed by atoms with Crippen molar-refractivity contribution in [2.45, 2.75) is 32.8 Å². The summed E-state index contributed by atoms with van der Waals surface area (Å²) in [5, 5.41) is 11.5. The molecule has 0 bridgehead atoms. The molecule has 5 heteroatoms. The van der Waals surface area contributed by atoms with Crippen LogP contribution in [0.2, 0.25) is 0 Å². The molecule has 0 aliphatic heterocycles. The van der Waals surface area contributed by atoms with Gasteiger partial charge in [0.25, 0.3) is 0 Å². The summed E-state index contributed by atoms with van der Waals surface area (Å²) in [5.74, 6) is -0.395. The Hall–Kier alpha value is -1.93. The van der Waals surface area contributed by atoms with E-state index >= 15 is 0 Å². The molecule has 0 amide bonds. The molecule has 0 unspecified atom stereocenters. The summed E-state index contributed by atoms with van der Waals surface area (Å²) in [6.45, 7) is 6.50. The zero-order valence-corrected chi connectivity index (χ0v) is 12.4. The number of halogens is 1. The summed E-state index contributed by atoms with van der Waals surface area (Å²) < 4.78 is 19.1. The van der Waals surface area contributed by atoms with Crippen LogP contribution in [0.1, 0.15) is 37.0 Å². The Kier molecular flexibility index (Phi) is 4.05. The van der Waals surface area contributed by atoms with Crippen LogP contribution in [0.5, 0.6) is 5.75 Å². The molecule has 1 heterocycles. The van der Waals surface area contributed by atoms with Crippen LogP contribution in [0.3, 0.4) is 0 Å². The van der Waals surface area contributed by atoms with Crippen LogP contribution in [-0.2, 0) is 12.0 Å². The Morgan fingerprint density at radius 1 is 1.40 bits per heavy atom. The third kappa shape index (κ3) is 3.34. The maximum Gasteiger partial charge on any atom is 0.166 e. The highest BCUT2D eigenvalue weighted by Crippen LogP contribution is 2.25. The smallest absolute Gasteiger partial charge is 0.166 e. The lowest BCUT2D eigenvalue weighted by atomic mass is 9.93.